The van der Waals surface area contributed by atoms with E-state index in [0.717, 1.165) is 37.2 Å². The lowest BCUT2D eigenvalue weighted by atomic mass is 10.2. The largest absolute Gasteiger partial charge is 0.492 e. The molecule has 0 spiro atoms. The fourth-order valence-corrected chi connectivity index (χ4v) is 4.30. The van der Waals surface area contributed by atoms with E-state index in [4.69, 9.17) is 21.3 Å². The number of benzene rings is 2. The van der Waals surface area contributed by atoms with E-state index in [2.05, 4.69) is 33.7 Å². The molecule has 1 saturated heterocycles. The van der Waals surface area contributed by atoms with E-state index < -0.39 is 0 Å². The molecule has 0 atom stereocenters. The fourth-order valence-electron chi connectivity index (χ4n) is 4.11. The molecular formula is C24H30ClN3O. The third-order valence-corrected chi connectivity index (χ3v) is 5.98. The number of aryl methyl sites for hydroxylation is 1. The Labute approximate surface area is 178 Å². The predicted octanol–water partition coefficient (Wildman–Crippen LogP) is 5.92. The summed E-state index contributed by atoms with van der Waals surface area (Å²) in [5.74, 6) is 1.96. The number of hydrogen-bond acceptors (Lipinski definition) is 3. The highest BCUT2D eigenvalue weighted by Gasteiger charge is 2.15. The number of fused-ring (bicyclic) bond motifs is 1. The molecule has 0 radical (unpaired) electrons. The van der Waals surface area contributed by atoms with Gasteiger partial charge in [-0.3, -0.25) is 4.90 Å². The van der Waals surface area contributed by atoms with Gasteiger partial charge in [0.1, 0.15) is 11.6 Å². The van der Waals surface area contributed by atoms with E-state index in [-0.39, 0.29) is 0 Å². The van der Waals surface area contributed by atoms with Crippen molar-refractivity contribution in [3.05, 3.63) is 59.4 Å². The van der Waals surface area contributed by atoms with Crippen molar-refractivity contribution in [1.82, 2.24) is 14.5 Å². The van der Waals surface area contributed by atoms with Crippen molar-refractivity contribution in [1.29, 1.82) is 0 Å². The molecule has 0 unspecified atom stereocenters. The Morgan fingerprint density at radius 1 is 0.897 bits per heavy atom. The van der Waals surface area contributed by atoms with Crippen LogP contribution in [0.1, 0.15) is 44.3 Å². The maximum atomic E-state index is 6.17. The molecule has 154 valence electrons. The number of unbranched alkanes of at least 4 members (excludes halogenated alkanes) is 1. The third-order valence-electron chi connectivity index (χ3n) is 5.67. The zero-order chi connectivity index (χ0) is 19.9. The number of para-hydroxylation sites is 3. The van der Waals surface area contributed by atoms with E-state index in [1.165, 1.54) is 50.1 Å². The average Bonchev–Trinajstić information content (AvgIpc) is 2.89. The first-order valence-corrected chi connectivity index (χ1v) is 11.2. The van der Waals surface area contributed by atoms with Crippen LogP contribution in [0.3, 0.4) is 0 Å². The second-order valence-corrected chi connectivity index (χ2v) is 8.25. The van der Waals surface area contributed by atoms with Gasteiger partial charge in [0.2, 0.25) is 0 Å². The van der Waals surface area contributed by atoms with Crippen molar-refractivity contribution >= 4 is 22.6 Å². The molecule has 4 nitrogen and oxygen atoms in total. The van der Waals surface area contributed by atoms with E-state index in [0.29, 0.717) is 11.6 Å². The Balaban J connectivity index is 1.38. The standard InChI is InChI=1S/C24H30ClN3O/c25-20-11-3-6-14-23(20)29-18-10-9-17-28-22-13-5-4-12-21(22)26-24(28)19-27-15-7-1-2-8-16-27/h3-6,11-14H,1-2,7-10,15-19H2. The Kier molecular flexibility index (Phi) is 7.07. The topological polar surface area (TPSA) is 30.3 Å². The Bertz CT molecular complexity index is 915. The summed E-state index contributed by atoms with van der Waals surface area (Å²) in [6.07, 6.45) is 7.37. The first-order chi connectivity index (χ1) is 14.3. The lowest BCUT2D eigenvalue weighted by Crippen LogP contribution is -2.26. The maximum Gasteiger partial charge on any atom is 0.137 e. The summed E-state index contributed by atoms with van der Waals surface area (Å²) in [5.41, 5.74) is 2.34. The lowest BCUT2D eigenvalue weighted by molar-refractivity contribution is 0.265. The first-order valence-electron chi connectivity index (χ1n) is 10.8. The minimum atomic E-state index is 0.674. The molecule has 29 heavy (non-hydrogen) atoms. The number of aromatic nitrogens is 2. The summed E-state index contributed by atoms with van der Waals surface area (Å²) >= 11 is 6.17. The van der Waals surface area contributed by atoms with Gasteiger partial charge in [0.15, 0.2) is 0 Å². The average molecular weight is 412 g/mol. The minimum Gasteiger partial charge on any atom is -0.492 e. The second-order valence-electron chi connectivity index (χ2n) is 7.84. The third kappa shape index (κ3) is 5.31. The van der Waals surface area contributed by atoms with Crippen LogP contribution in [-0.4, -0.2) is 34.1 Å². The number of hydrogen-bond donors (Lipinski definition) is 0. The van der Waals surface area contributed by atoms with Crippen molar-refractivity contribution in [2.24, 2.45) is 0 Å². The number of likely N-dealkylation sites (tertiary alicyclic amines) is 1. The SMILES string of the molecule is Clc1ccccc1OCCCCn1c(CN2CCCCCC2)nc2ccccc21. The molecular weight excluding hydrogens is 382 g/mol. The summed E-state index contributed by atoms with van der Waals surface area (Å²) in [6.45, 7) is 4.97. The van der Waals surface area contributed by atoms with Gasteiger partial charge in [-0.25, -0.2) is 4.98 Å². The molecule has 2 heterocycles. The quantitative estimate of drug-likeness (QED) is 0.430. The van der Waals surface area contributed by atoms with Gasteiger partial charge in [0.05, 0.1) is 29.2 Å². The maximum absolute atomic E-state index is 6.17. The highest BCUT2D eigenvalue weighted by atomic mass is 35.5. The van der Waals surface area contributed by atoms with Crippen LogP contribution in [0.25, 0.3) is 11.0 Å². The van der Waals surface area contributed by atoms with Crippen molar-refractivity contribution in [2.45, 2.75) is 51.6 Å². The van der Waals surface area contributed by atoms with Crippen LogP contribution in [0, 0.1) is 0 Å². The molecule has 1 aromatic heterocycles. The molecule has 2 aromatic carbocycles. The minimum absolute atomic E-state index is 0.674. The molecule has 3 aromatic rings. The van der Waals surface area contributed by atoms with Crippen LogP contribution in [0.4, 0.5) is 0 Å². The first kappa shape index (κ1) is 20.2. The van der Waals surface area contributed by atoms with Crippen LogP contribution < -0.4 is 4.74 Å². The molecule has 1 fully saturated rings. The highest BCUT2D eigenvalue weighted by molar-refractivity contribution is 6.32. The predicted molar refractivity (Wildman–Crippen MR) is 120 cm³/mol. The van der Waals surface area contributed by atoms with Gasteiger partial charge < -0.3 is 9.30 Å². The van der Waals surface area contributed by atoms with E-state index in [9.17, 15) is 0 Å². The van der Waals surface area contributed by atoms with Crippen molar-refractivity contribution < 1.29 is 4.74 Å². The van der Waals surface area contributed by atoms with Gasteiger partial charge in [-0.2, -0.15) is 0 Å². The van der Waals surface area contributed by atoms with Crippen LogP contribution in [0.15, 0.2) is 48.5 Å². The van der Waals surface area contributed by atoms with Gasteiger partial charge in [-0.05, 0) is 63.0 Å². The van der Waals surface area contributed by atoms with Gasteiger partial charge >= 0.3 is 0 Å². The molecule has 1 aliphatic heterocycles. The molecule has 0 N–H and O–H groups in total. The van der Waals surface area contributed by atoms with Crippen molar-refractivity contribution in [3.8, 4) is 5.75 Å². The molecule has 4 rings (SSSR count). The summed E-state index contributed by atoms with van der Waals surface area (Å²) < 4.78 is 8.26. The molecule has 0 aliphatic carbocycles. The number of rotatable bonds is 8. The summed E-state index contributed by atoms with van der Waals surface area (Å²) in [6, 6.07) is 16.2. The van der Waals surface area contributed by atoms with Crippen molar-refractivity contribution in [2.75, 3.05) is 19.7 Å². The molecule has 0 saturated carbocycles. The Morgan fingerprint density at radius 3 is 2.48 bits per heavy atom. The number of halogens is 1. The number of ether oxygens (including phenoxy) is 1. The van der Waals surface area contributed by atoms with Crippen LogP contribution in [0.2, 0.25) is 5.02 Å². The molecule has 0 bridgehead atoms. The fraction of sp³-hybridized carbons (Fsp3) is 0.458. The molecule has 5 heteroatoms. The van der Waals surface area contributed by atoms with Gasteiger partial charge in [0, 0.05) is 6.54 Å². The lowest BCUT2D eigenvalue weighted by Gasteiger charge is -2.20. The van der Waals surface area contributed by atoms with Crippen molar-refractivity contribution in [3.63, 3.8) is 0 Å². The van der Waals surface area contributed by atoms with E-state index in [1.54, 1.807) is 0 Å². The summed E-state index contributed by atoms with van der Waals surface area (Å²) in [7, 11) is 0. The van der Waals surface area contributed by atoms with E-state index >= 15 is 0 Å². The molecule has 1 aliphatic rings. The highest BCUT2D eigenvalue weighted by Crippen LogP contribution is 2.24. The van der Waals surface area contributed by atoms with Gasteiger partial charge in [-0.1, -0.05) is 48.7 Å². The zero-order valence-corrected chi connectivity index (χ0v) is 17.8. The summed E-state index contributed by atoms with van der Waals surface area (Å²) in [4.78, 5) is 7.54. The van der Waals surface area contributed by atoms with Gasteiger partial charge in [0.25, 0.3) is 0 Å². The monoisotopic (exact) mass is 411 g/mol. The summed E-state index contributed by atoms with van der Waals surface area (Å²) in [5, 5.41) is 0.674. The Morgan fingerprint density at radius 2 is 1.66 bits per heavy atom. The van der Waals surface area contributed by atoms with Crippen LogP contribution in [-0.2, 0) is 13.1 Å². The van der Waals surface area contributed by atoms with E-state index in [1.807, 2.05) is 24.3 Å². The molecule has 0 amide bonds. The Hall–Kier alpha value is -2.04. The second kappa shape index (κ2) is 10.1. The van der Waals surface area contributed by atoms with Gasteiger partial charge in [-0.15, -0.1) is 0 Å². The van der Waals surface area contributed by atoms with Crippen LogP contribution in [0.5, 0.6) is 5.75 Å². The smallest absolute Gasteiger partial charge is 0.137 e. The zero-order valence-electron chi connectivity index (χ0n) is 17.0. The number of imidazole rings is 1. The number of nitrogens with zero attached hydrogens (tertiary/aromatic N) is 3. The normalized spacial score (nSPS) is 15.5. The van der Waals surface area contributed by atoms with Crippen LogP contribution >= 0.6 is 11.6 Å².